The third-order valence-corrected chi connectivity index (χ3v) is 3.30. The van der Waals surface area contributed by atoms with E-state index in [0.717, 1.165) is 5.33 Å². The lowest BCUT2D eigenvalue weighted by atomic mass is 10.0. The van der Waals surface area contributed by atoms with Crippen LogP contribution in [0.2, 0.25) is 0 Å². The number of halogens is 1. The first-order valence-corrected chi connectivity index (χ1v) is 6.96. The highest BCUT2D eigenvalue weighted by Gasteiger charge is 2.39. The third-order valence-electron chi connectivity index (χ3n) is 2.58. The Bertz CT molecular complexity index is 286. The molecule has 4 nitrogen and oxygen atoms in total. The van der Waals surface area contributed by atoms with Crippen LogP contribution in [0, 0.1) is 0 Å². The fourth-order valence-corrected chi connectivity index (χ4v) is 2.03. The van der Waals surface area contributed by atoms with Gasteiger partial charge >= 0.3 is 6.09 Å². The van der Waals surface area contributed by atoms with E-state index in [1.54, 1.807) is 4.90 Å². The normalized spacial score (nSPS) is 24.6. The quantitative estimate of drug-likeness (QED) is 0.699. The van der Waals surface area contributed by atoms with Crippen LogP contribution < -0.4 is 0 Å². The zero-order valence-corrected chi connectivity index (χ0v) is 12.8. The highest BCUT2D eigenvalue weighted by atomic mass is 79.9. The summed E-state index contributed by atoms with van der Waals surface area (Å²) in [5, 5.41) is 0.725. The number of nitrogens with zero attached hydrogens (tertiary/aromatic N) is 1. The number of alkyl halides is 1. The first kappa shape index (κ1) is 14.8. The molecule has 5 heteroatoms. The van der Waals surface area contributed by atoms with E-state index in [1.165, 1.54) is 0 Å². The summed E-state index contributed by atoms with van der Waals surface area (Å²) in [6.07, 6.45) is -0.229. The van der Waals surface area contributed by atoms with E-state index in [0.29, 0.717) is 13.2 Å². The molecule has 1 amide bonds. The van der Waals surface area contributed by atoms with Crippen molar-refractivity contribution in [3.63, 3.8) is 0 Å². The van der Waals surface area contributed by atoms with Gasteiger partial charge in [0.15, 0.2) is 0 Å². The Kier molecular flexibility index (Phi) is 4.47. The molecule has 17 heavy (non-hydrogen) atoms. The predicted molar refractivity (Wildman–Crippen MR) is 70.6 cm³/mol. The minimum Gasteiger partial charge on any atom is -0.444 e. The second-order valence-electron chi connectivity index (χ2n) is 5.99. The fraction of sp³-hybridized carbons (Fsp3) is 0.917. The number of hydrogen-bond acceptors (Lipinski definition) is 3. The molecule has 1 heterocycles. The van der Waals surface area contributed by atoms with E-state index in [2.05, 4.69) is 15.9 Å². The number of rotatable bonds is 1. The van der Waals surface area contributed by atoms with Gasteiger partial charge in [0.25, 0.3) is 0 Å². The Balaban J connectivity index is 2.74. The molecular weight excluding hydrogens is 286 g/mol. The third kappa shape index (κ3) is 4.14. The lowest BCUT2D eigenvalue weighted by Gasteiger charge is -2.45. The van der Waals surface area contributed by atoms with Gasteiger partial charge in [0.1, 0.15) is 5.60 Å². The molecule has 1 atom stereocenters. The fourth-order valence-electron chi connectivity index (χ4n) is 1.64. The standard InChI is InChI=1S/C12H22BrNO3/c1-11(2,3)17-10(15)14-7-9(6-13)16-8-12(14,4)5/h9H,6-8H2,1-5H3. The van der Waals surface area contributed by atoms with Gasteiger partial charge in [0, 0.05) is 5.33 Å². The van der Waals surface area contributed by atoms with Crippen molar-refractivity contribution in [3.8, 4) is 0 Å². The van der Waals surface area contributed by atoms with E-state index >= 15 is 0 Å². The molecule has 1 rings (SSSR count). The summed E-state index contributed by atoms with van der Waals surface area (Å²) in [6, 6.07) is 0. The minimum atomic E-state index is -0.463. The van der Waals surface area contributed by atoms with Gasteiger partial charge in [-0.1, -0.05) is 15.9 Å². The lowest BCUT2D eigenvalue weighted by Crippen LogP contribution is -2.59. The zero-order valence-electron chi connectivity index (χ0n) is 11.2. The van der Waals surface area contributed by atoms with Crippen LogP contribution >= 0.6 is 15.9 Å². The number of hydrogen-bond donors (Lipinski definition) is 0. The Morgan fingerprint density at radius 1 is 1.53 bits per heavy atom. The van der Waals surface area contributed by atoms with Gasteiger partial charge in [-0.15, -0.1) is 0 Å². The molecule has 1 aliphatic heterocycles. The van der Waals surface area contributed by atoms with Crippen LogP contribution in [0.3, 0.4) is 0 Å². The number of morpholine rings is 1. The largest absolute Gasteiger partial charge is 0.444 e. The van der Waals surface area contributed by atoms with Crippen molar-refractivity contribution in [3.05, 3.63) is 0 Å². The second kappa shape index (κ2) is 5.14. The van der Waals surface area contributed by atoms with Crippen molar-refractivity contribution < 1.29 is 14.3 Å². The van der Waals surface area contributed by atoms with Gasteiger partial charge < -0.3 is 9.47 Å². The molecule has 0 spiro atoms. The summed E-state index contributed by atoms with van der Waals surface area (Å²) in [7, 11) is 0. The molecule has 100 valence electrons. The lowest BCUT2D eigenvalue weighted by molar-refractivity contribution is -0.0906. The summed E-state index contributed by atoms with van der Waals surface area (Å²) in [5.74, 6) is 0. The van der Waals surface area contributed by atoms with E-state index in [9.17, 15) is 4.79 Å². The van der Waals surface area contributed by atoms with Crippen molar-refractivity contribution in [1.82, 2.24) is 4.90 Å². The summed E-state index contributed by atoms with van der Waals surface area (Å²) in [5.41, 5.74) is -0.781. The van der Waals surface area contributed by atoms with Gasteiger partial charge in [0.05, 0.1) is 24.8 Å². The molecule has 0 saturated carbocycles. The van der Waals surface area contributed by atoms with Gasteiger partial charge in [0.2, 0.25) is 0 Å². The highest BCUT2D eigenvalue weighted by molar-refractivity contribution is 9.09. The van der Waals surface area contributed by atoms with Crippen molar-refractivity contribution in [1.29, 1.82) is 0 Å². The maximum absolute atomic E-state index is 12.1. The molecule has 1 fully saturated rings. The molecule has 1 unspecified atom stereocenters. The van der Waals surface area contributed by atoms with Crippen LogP contribution in [0.25, 0.3) is 0 Å². The highest BCUT2D eigenvalue weighted by Crippen LogP contribution is 2.25. The average Bonchev–Trinajstić information content (AvgIpc) is 2.14. The van der Waals surface area contributed by atoms with Crippen molar-refractivity contribution in [2.75, 3.05) is 18.5 Å². The summed E-state index contributed by atoms with van der Waals surface area (Å²) in [6.45, 7) is 10.7. The molecule has 0 N–H and O–H groups in total. The molecule has 0 aromatic rings. The van der Waals surface area contributed by atoms with E-state index < -0.39 is 5.60 Å². The number of carbonyl (C=O) groups excluding carboxylic acids is 1. The summed E-state index contributed by atoms with van der Waals surface area (Å²) < 4.78 is 11.1. The van der Waals surface area contributed by atoms with Crippen LogP contribution in [0.4, 0.5) is 4.79 Å². The smallest absolute Gasteiger partial charge is 0.410 e. The molecule has 0 aromatic carbocycles. The van der Waals surface area contributed by atoms with Crippen LogP contribution in [0.5, 0.6) is 0 Å². The van der Waals surface area contributed by atoms with Crippen LogP contribution in [0.1, 0.15) is 34.6 Å². The summed E-state index contributed by atoms with van der Waals surface area (Å²) >= 11 is 3.38. The van der Waals surface area contributed by atoms with Gasteiger partial charge in [-0.25, -0.2) is 4.79 Å². The first-order valence-electron chi connectivity index (χ1n) is 5.84. The number of ether oxygens (including phenoxy) is 2. The number of carbonyl (C=O) groups is 1. The van der Waals surface area contributed by atoms with Crippen molar-refractivity contribution >= 4 is 22.0 Å². The molecule has 0 aromatic heterocycles. The van der Waals surface area contributed by atoms with Crippen LogP contribution in [-0.2, 0) is 9.47 Å². The number of amides is 1. The molecule has 0 bridgehead atoms. The van der Waals surface area contributed by atoms with Crippen molar-refractivity contribution in [2.24, 2.45) is 0 Å². The molecule has 0 radical (unpaired) electrons. The molecular formula is C12H22BrNO3. The molecule has 1 aliphatic rings. The van der Waals surface area contributed by atoms with Gasteiger partial charge in [-0.3, -0.25) is 4.90 Å². The second-order valence-corrected chi connectivity index (χ2v) is 6.64. The topological polar surface area (TPSA) is 38.8 Å². The Morgan fingerprint density at radius 3 is 2.59 bits per heavy atom. The van der Waals surface area contributed by atoms with E-state index in [4.69, 9.17) is 9.47 Å². The Labute approximate surface area is 112 Å². The van der Waals surface area contributed by atoms with Crippen LogP contribution in [-0.4, -0.2) is 46.7 Å². The predicted octanol–water partition coefficient (Wildman–Crippen LogP) is 2.80. The van der Waals surface area contributed by atoms with Gasteiger partial charge in [-0.2, -0.15) is 0 Å². The minimum absolute atomic E-state index is 0.0375. The monoisotopic (exact) mass is 307 g/mol. The van der Waals surface area contributed by atoms with Crippen molar-refractivity contribution in [2.45, 2.75) is 51.9 Å². The average molecular weight is 308 g/mol. The summed E-state index contributed by atoms with van der Waals surface area (Å²) in [4.78, 5) is 13.9. The van der Waals surface area contributed by atoms with E-state index in [1.807, 2.05) is 34.6 Å². The zero-order chi connectivity index (χ0) is 13.3. The molecule has 0 aliphatic carbocycles. The maximum Gasteiger partial charge on any atom is 0.410 e. The van der Waals surface area contributed by atoms with Crippen LogP contribution in [0.15, 0.2) is 0 Å². The maximum atomic E-state index is 12.1. The first-order chi connectivity index (χ1) is 7.65. The Morgan fingerprint density at radius 2 is 2.12 bits per heavy atom. The SMILES string of the molecule is CC(C)(C)OC(=O)N1CC(CBr)OCC1(C)C. The molecule has 1 saturated heterocycles. The van der Waals surface area contributed by atoms with Gasteiger partial charge in [-0.05, 0) is 34.6 Å². The van der Waals surface area contributed by atoms with E-state index in [-0.39, 0.29) is 17.7 Å². The Hall–Kier alpha value is -0.290.